The molecule has 2 amide bonds. The molecule has 2 unspecified atom stereocenters. The highest BCUT2D eigenvalue weighted by Gasteiger charge is 2.31. The van der Waals surface area contributed by atoms with E-state index in [1.807, 2.05) is 67.8 Å². The number of benzene rings is 1. The molecule has 0 spiro atoms. The molecule has 0 aliphatic carbocycles. The molecule has 0 saturated carbocycles. The average molecular weight is 1000 g/mol. The van der Waals surface area contributed by atoms with Crippen LogP contribution in [0.5, 0.6) is 0 Å². The van der Waals surface area contributed by atoms with Gasteiger partial charge in [0.25, 0.3) is 11.8 Å². The van der Waals surface area contributed by atoms with Crippen LogP contribution in [0.3, 0.4) is 0 Å². The molecule has 19 heteroatoms. The normalized spacial score (nSPS) is 11.7. The van der Waals surface area contributed by atoms with Crippen LogP contribution >= 0.6 is 67.8 Å². The van der Waals surface area contributed by atoms with E-state index >= 15 is 0 Å². The molecule has 1 aromatic rings. The first-order valence-electron chi connectivity index (χ1n) is 13.6. The van der Waals surface area contributed by atoms with Crippen LogP contribution in [0, 0.1) is 10.7 Å². The van der Waals surface area contributed by atoms with E-state index in [-0.39, 0.29) is 47.4 Å². The van der Waals surface area contributed by atoms with Crippen molar-refractivity contribution in [3.63, 3.8) is 0 Å². The van der Waals surface area contributed by atoms with Crippen LogP contribution in [-0.2, 0) is 73.3 Å². The molecule has 0 aliphatic rings. The number of hydrogen-bond acceptors (Lipinski definition) is 14. The summed E-state index contributed by atoms with van der Waals surface area (Å²) in [7, 11) is 0. The molecule has 0 heterocycles. The summed E-state index contributed by atoms with van der Waals surface area (Å²) in [5.41, 5.74) is 0.610. The van der Waals surface area contributed by atoms with Crippen molar-refractivity contribution in [2.75, 3.05) is 30.2 Å². The third kappa shape index (κ3) is 15.3. The Bertz CT molecular complexity index is 1400. The summed E-state index contributed by atoms with van der Waals surface area (Å²) < 4.78 is 26.2. The molecule has 0 bridgehead atoms. The van der Waals surface area contributed by atoms with Crippen molar-refractivity contribution < 1.29 is 66.9 Å². The second-order valence-corrected chi connectivity index (χ2v) is 12.8. The first-order valence-corrected chi connectivity index (χ1v) is 16.8. The number of rotatable bonds is 15. The van der Waals surface area contributed by atoms with E-state index in [0.29, 0.717) is 17.8 Å². The van der Waals surface area contributed by atoms with Gasteiger partial charge in [-0.1, -0.05) is 0 Å². The van der Waals surface area contributed by atoms with Crippen molar-refractivity contribution in [1.82, 2.24) is 0 Å². The Kier molecular flexibility index (Phi) is 18.4. The molecule has 260 valence electrons. The smallest absolute Gasteiger partial charge is 0.333 e. The van der Waals surface area contributed by atoms with Crippen molar-refractivity contribution in [1.29, 1.82) is 0 Å². The maximum atomic E-state index is 13.0. The number of esters is 5. The fourth-order valence-corrected chi connectivity index (χ4v) is 7.95. The Morgan fingerprint density at radius 3 is 1.68 bits per heavy atom. The Labute approximate surface area is 310 Å². The summed E-state index contributed by atoms with van der Waals surface area (Å²) in [5, 5.41) is 3.35. The summed E-state index contributed by atoms with van der Waals surface area (Å²) in [6.45, 7) is 5.69. The number of halogens is 3. The van der Waals surface area contributed by atoms with Gasteiger partial charge in [0.2, 0.25) is 0 Å². The van der Waals surface area contributed by atoms with Crippen molar-refractivity contribution in [2.45, 2.75) is 73.0 Å². The highest BCUT2D eigenvalue weighted by molar-refractivity contribution is 14.1. The van der Waals surface area contributed by atoms with Crippen LogP contribution in [0.4, 0.5) is 11.4 Å². The minimum absolute atomic E-state index is 0.0377. The van der Waals surface area contributed by atoms with Gasteiger partial charge in [0.1, 0.15) is 31.1 Å². The molecule has 0 aliphatic heterocycles. The zero-order valence-corrected chi connectivity index (χ0v) is 32.7. The molecule has 0 aromatic heterocycles. The van der Waals surface area contributed by atoms with E-state index in [0.717, 1.165) is 20.8 Å². The summed E-state index contributed by atoms with van der Waals surface area (Å²) in [6.07, 6.45) is -2.49. The van der Waals surface area contributed by atoms with Gasteiger partial charge in [0.05, 0.1) is 15.7 Å². The minimum Gasteiger partial charge on any atom is -0.462 e. The second kappa shape index (κ2) is 20.5. The number of nitrogens with zero attached hydrogens (tertiary/aromatic N) is 1. The highest BCUT2D eigenvalue weighted by atomic mass is 127. The van der Waals surface area contributed by atoms with Crippen LogP contribution in [0.15, 0.2) is 0 Å². The zero-order valence-electron chi connectivity index (χ0n) is 26.2. The summed E-state index contributed by atoms with van der Waals surface area (Å²) in [5.74, 6) is -5.64. The highest BCUT2D eigenvalue weighted by Crippen LogP contribution is 2.42. The summed E-state index contributed by atoms with van der Waals surface area (Å²) in [4.78, 5) is 101. The number of carbonyl (C=O) groups excluding carboxylic acids is 8. The third-order valence-electron chi connectivity index (χ3n) is 5.45. The fraction of sp³-hybridized carbons (Fsp3) is 0.500. The second-order valence-electron chi connectivity index (χ2n) is 9.56. The molecule has 16 nitrogen and oxygen atoms in total. The topological polar surface area (TPSA) is 207 Å². The molecule has 1 N–H and O–H groups in total. The van der Waals surface area contributed by atoms with Gasteiger partial charge in [-0.2, -0.15) is 0 Å². The van der Waals surface area contributed by atoms with Crippen LogP contribution in [0.2, 0.25) is 0 Å². The van der Waals surface area contributed by atoms with E-state index in [2.05, 4.69) is 5.32 Å². The van der Waals surface area contributed by atoms with Crippen molar-refractivity contribution in [2.24, 2.45) is 0 Å². The molecule has 47 heavy (non-hydrogen) atoms. The molecule has 2 atom stereocenters. The van der Waals surface area contributed by atoms with E-state index in [1.54, 1.807) is 0 Å². The predicted molar refractivity (Wildman–Crippen MR) is 186 cm³/mol. The summed E-state index contributed by atoms with van der Waals surface area (Å²) in [6, 6.07) is 0. The van der Waals surface area contributed by atoms with Crippen LogP contribution < -0.4 is 10.4 Å². The number of amides is 2. The number of hydroxylamine groups is 1. The standard InChI is InChI=1S/C28H33I3N2O14/c1-13(34)33(47-23(41)8-7-19(45-17(5)38)10-42-14(2)35)28-25(30)21(9-20(46-18(6)39)11-43-15(3)36)24(29)27(26(28)31)32-22(40)12-44-16(4)37/h19-20H,7-12H2,1-6H3,(H,32,40). The van der Waals surface area contributed by atoms with E-state index < -0.39 is 66.4 Å². The first-order chi connectivity index (χ1) is 21.8. The molecular weight excluding hydrogens is 969 g/mol. The lowest BCUT2D eigenvalue weighted by Crippen LogP contribution is -2.35. The average Bonchev–Trinajstić information content (AvgIpc) is 2.95. The lowest BCUT2D eigenvalue weighted by molar-refractivity contribution is -0.158. The number of carbonyl (C=O) groups is 8. The van der Waals surface area contributed by atoms with Crippen LogP contribution in [0.1, 0.15) is 59.9 Å². The van der Waals surface area contributed by atoms with Gasteiger partial charge >= 0.3 is 35.8 Å². The maximum absolute atomic E-state index is 13.0. The Morgan fingerprint density at radius 2 is 1.19 bits per heavy atom. The Hall–Kier alpha value is -2.83. The predicted octanol–water partition coefficient (Wildman–Crippen LogP) is 3.13. The minimum atomic E-state index is -0.986. The maximum Gasteiger partial charge on any atom is 0.333 e. The third-order valence-corrected chi connectivity index (χ3v) is 8.85. The molecule has 0 radical (unpaired) electrons. The van der Waals surface area contributed by atoms with Crippen LogP contribution in [-0.4, -0.2) is 79.7 Å². The van der Waals surface area contributed by atoms with Crippen molar-refractivity contribution >= 4 is 127 Å². The number of hydrogen-bond donors (Lipinski definition) is 1. The number of ether oxygens (including phenoxy) is 5. The summed E-state index contributed by atoms with van der Waals surface area (Å²) >= 11 is 5.68. The molecule has 0 saturated heterocycles. The first kappa shape index (κ1) is 42.2. The van der Waals surface area contributed by atoms with Gasteiger partial charge in [0.15, 0.2) is 6.61 Å². The number of anilines is 2. The van der Waals surface area contributed by atoms with E-state index in [9.17, 15) is 38.4 Å². The van der Waals surface area contributed by atoms with Gasteiger partial charge in [-0.15, -0.1) is 5.06 Å². The monoisotopic (exact) mass is 1000 g/mol. The van der Waals surface area contributed by atoms with Gasteiger partial charge < -0.3 is 33.8 Å². The molecular formula is C28H33I3N2O14. The molecule has 1 rings (SSSR count). The van der Waals surface area contributed by atoms with Gasteiger partial charge in [-0.25, -0.2) is 4.79 Å². The van der Waals surface area contributed by atoms with Crippen molar-refractivity contribution in [3.8, 4) is 0 Å². The molecule has 1 aromatic carbocycles. The quantitative estimate of drug-likeness (QED) is 0.116. The lowest BCUT2D eigenvalue weighted by Gasteiger charge is -2.27. The lowest BCUT2D eigenvalue weighted by atomic mass is 10.1. The SMILES string of the molecule is CC(=O)OCC(=O)Nc1c(I)c(CC(COC(C)=O)OC(C)=O)c(I)c(N(OC(=O)CCC(COC(C)=O)OC(C)=O)C(C)=O)c1I. The Morgan fingerprint density at radius 1 is 0.681 bits per heavy atom. The Balaban J connectivity index is 3.64. The van der Waals surface area contributed by atoms with Gasteiger partial charge in [-0.3, -0.25) is 33.6 Å². The molecule has 0 fully saturated rings. The largest absolute Gasteiger partial charge is 0.462 e. The fourth-order valence-electron chi connectivity index (χ4n) is 3.63. The van der Waals surface area contributed by atoms with E-state index in [1.165, 1.54) is 20.8 Å². The van der Waals surface area contributed by atoms with Crippen molar-refractivity contribution in [3.05, 3.63) is 16.3 Å². The van der Waals surface area contributed by atoms with Crippen LogP contribution in [0.25, 0.3) is 0 Å². The number of nitrogens with one attached hydrogen (secondary N) is 1. The van der Waals surface area contributed by atoms with Gasteiger partial charge in [-0.05, 0) is 79.8 Å². The van der Waals surface area contributed by atoms with E-state index in [4.69, 9.17) is 28.5 Å². The van der Waals surface area contributed by atoms with Gasteiger partial charge in [0, 0.05) is 55.1 Å². The zero-order chi connectivity index (χ0) is 36.0.